The van der Waals surface area contributed by atoms with E-state index in [-0.39, 0.29) is 5.70 Å². The molecule has 0 spiro atoms. The number of amides is 4. The molecule has 0 atom stereocenters. The topological polar surface area (TPSA) is 101 Å². The van der Waals surface area contributed by atoms with Crippen molar-refractivity contribution >= 4 is 29.6 Å². The van der Waals surface area contributed by atoms with Gasteiger partial charge in [0.1, 0.15) is 29.5 Å². The third kappa shape index (κ3) is 4.32. The summed E-state index contributed by atoms with van der Waals surface area (Å²) in [6.45, 7) is -0.437. The summed E-state index contributed by atoms with van der Waals surface area (Å²) < 4.78 is 10.9. The molecule has 31 heavy (non-hydrogen) atoms. The van der Waals surface area contributed by atoms with E-state index in [9.17, 15) is 14.4 Å². The molecule has 0 saturated carbocycles. The van der Waals surface area contributed by atoms with Crippen molar-refractivity contribution in [1.29, 1.82) is 0 Å². The average Bonchev–Trinajstić information content (AvgIpc) is 3.35. The third-order valence-corrected chi connectivity index (χ3v) is 4.62. The second-order valence-electron chi connectivity index (χ2n) is 6.70. The van der Waals surface area contributed by atoms with Crippen LogP contribution in [0.3, 0.4) is 0 Å². The number of rotatable bonds is 6. The quantitative estimate of drug-likeness (QED) is 0.472. The van der Waals surface area contributed by atoms with E-state index >= 15 is 0 Å². The highest BCUT2D eigenvalue weighted by Crippen LogP contribution is 2.25. The lowest BCUT2D eigenvalue weighted by Crippen LogP contribution is -2.38. The minimum absolute atomic E-state index is 0.0315. The Bertz CT molecular complexity index is 1170. The maximum Gasteiger partial charge on any atom is 0.329 e. The van der Waals surface area contributed by atoms with Crippen molar-refractivity contribution in [2.45, 2.75) is 0 Å². The van der Waals surface area contributed by atoms with Crippen molar-refractivity contribution < 1.29 is 23.5 Å². The van der Waals surface area contributed by atoms with Crippen LogP contribution in [0.15, 0.2) is 76.8 Å². The van der Waals surface area contributed by atoms with Gasteiger partial charge in [-0.05, 0) is 24.3 Å². The summed E-state index contributed by atoms with van der Waals surface area (Å²) in [6.07, 6.45) is 1.44. The highest BCUT2D eigenvalue weighted by molar-refractivity contribution is 6.15. The molecule has 156 valence electrons. The van der Waals surface area contributed by atoms with Crippen LogP contribution in [0.1, 0.15) is 5.76 Å². The first-order chi connectivity index (χ1) is 15.0. The van der Waals surface area contributed by atoms with Crippen LogP contribution in [0.25, 0.3) is 17.4 Å². The van der Waals surface area contributed by atoms with E-state index in [4.69, 9.17) is 9.15 Å². The van der Waals surface area contributed by atoms with E-state index in [0.29, 0.717) is 23.0 Å². The van der Waals surface area contributed by atoms with Gasteiger partial charge in [-0.3, -0.25) is 9.59 Å². The van der Waals surface area contributed by atoms with Crippen LogP contribution in [0, 0.1) is 0 Å². The predicted octanol–water partition coefficient (Wildman–Crippen LogP) is 3.49. The molecular weight excluding hydrogens is 398 g/mol. The van der Waals surface area contributed by atoms with Crippen LogP contribution < -0.4 is 15.4 Å². The van der Waals surface area contributed by atoms with Gasteiger partial charge in [-0.25, -0.2) is 9.69 Å². The number of para-hydroxylation sites is 2. The Hall–Kier alpha value is -4.33. The number of anilines is 1. The molecule has 1 saturated heterocycles. The maximum atomic E-state index is 12.6. The number of imide groups is 1. The SMILES string of the molecule is COc1ccccc1NC(=O)CN1C(=O)N/C(=C/c2ccc(-c3ccccc3)o2)C1=O. The summed E-state index contributed by atoms with van der Waals surface area (Å²) in [6, 6.07) is 19.2. The summed E-state index contributed by atoms with van der Waals surface area (Å²) >= 11 is 0. The Balaban J connectivity index is 1.45. The molecule has 8 heteroatoms. The first-order valence-corrected chi connectivity index (χ1v) is 9.48. The Labute approximate surface area is 178 Å². The molecule has 3 aromatic rings. The number of benzene rings is 2. The van der Waals surface area contributed by atoms with E-state index in [1.54, 1.807) is 36.4 Å². The van der Waals surface area contributed by atoms with Crippen molar-refractivity contribution in [3.05, 3.63) is 78.2 Å². The molecular formula is C23H19N3O5. The van der Waals surface area contributed by atoms with Gasteiger partial charge in [-0.1, -0.05) is 42.5 Å². The van der Waals surface area contributed by atoms with E-state index in [2.05, 4.69) is 10.6 Å². The summed E-state index contributed by atoms with van der Waals surface area (Å²) in [5.74, 6) is 0.372. The monoisotopic (exact) mass is 417 g/mol. The minimum atomic E-state index is -0.679. The van der Waals surface area contributed by atoms with Crippen molar-refractivity contribution in [3.8, 4) is 17.1 Å². The first-order valence-electron chi connectivity index (χ1n) is 9.48. The second-order valence-corrected chi connectivity index (χ2v) is 6.70. The maximum absolute atomic E-state index is 12.6. The van der Waals surface area contributed by atoms with Gasteiger partial charge in [-0.2, -0.15) is 0 Å². The molecule has 1 fully saturated rings. The van der Waals surface area contributed by atoms with E-state index in [1.807, 2.05) is 30.3 Å². The fraction of sp³-hybridized carbons (Fsp3) is 0.0870. The van der Waals surface area contributed by atoms with Crippen LogP contribution in [-0.4, -0.2) is 36.4 Å². The molecule has 2 aromatic carbocycles. The molecule has 2 heterocycles. The van der Waals surface area contributed by atoms with Gasteiger partial charge in [-0.15, -0.1) is 0 Å². The van der Waals surface area contributed by atoms with Crippen molar-refractivity contribution in [3.63, 3.8) is 0 Å². The number of carbonyl (C=O) groups excluding carboxylic acids is 3. The second kappa shape index (κ2) is 8.58. The van der Waals surface area contributed by atoms with Crippen LogP contribution in [0.5, 0.6) is 5.75 Å². The molecule has 1 aliphatic rings. The Morgan fingerprint density at radius 2 is 1.81 bits per heavy atom. The van der Waals surface area contributed by atoms with Crippen LogP contribution in [0.4, 0.5) is 10.5 Å². The zero-order valence-corrected chi connectivity index (χ0v) is 16.6. The van der Waals surface area contributed by atoms with Gasteiger partial charge in [0.05, 0.1) is 12.8 Å². The highest BCUT2D eigenvalue weighted by atomic mass is 16.5. The largest absolute Gasteiger partial charge is 0.495 e. The molecule has 0 radical (unpaired) electrons. The van der Waals surface area contributed by atoms with Gasteiger partial charge in [0.15, 0.2) is 0 Å². The molecule has 4 rings (SSSR count). The zero-order valence-electron chi connectivity index (χ0n) is 16.6. The normalized spacial score (nSPS) is 14.6. The molecule has 0 unspecified atom stereocenters. The molecule has 2 N–H and O–H groups in total. The number of hydrogen-bond acceptors (Lipinski definition) is 5. The molecule has 1 aromatic heterocycles. The third-order valence-electron chi connectivity index (χ3n) is 4.62. The molecule has 0 bridgehead atoms. The number of nitrogens with zero attached hydrogens (tertiary/aromatic N) is 1. The number of hydrogen-bond donors (Lipinski definition) is 2. The number of nitrogens with one attached hydrogen (secondary N) is 2. The van der Waals surface area contributed by atoms with Gasteiger partial charge in [0.25, 0.3) is 5.91 Å². The molecule has 1 aliphatic heterocycles. The highest BCUT2D eigenvalue weighted by Gasteiger charge is 2.35. The summed E-state index contributed by atoms with van der Waals surface area (Å²) in [5.41, 5.74) is 1.37. The molecule has 8 nitrogen and oxygen atoms in total. The van der Waals surface area contributed by atoms with Gasteiger partial charge >= 0.3 is 6.03 Å². The smallest absolute Gasteiger partial charge is 0.329 e. The van der Waals surface area contributed by atoms with Crippen LogP contribution in [0.2, 0.25) is 0 Å². The van der Waals surface area contributed by atoms with Gasteiger partial charge < -0.3 is 19.8 Å². The fourth-order valence-corrected chi connectivity index (χ4v) is 3.13. The van der Waals surface area contributed by atoms with E-state index in [0.717, 1.165) is 10.5 Å². The number of carbonyl (C=O) groups is 3. The Morgan fingerprint density at radius 1 is 1.06 bits per heavy atom. The minimum Gasteiger partial charge on any atom is -0.495 e. The van der Waals surface area contributed by atoms with E-state index in [1.165, 1.54) is 13.2 Å². The van der Waals surface area contributed by atoms with Gasteiger partial charge in [0.2, 0.25) is 5.91 Å². The fourth-order valence-electron chi connectivity index (χ4n) is 3.13. The zero-order chi connectivity index (χ0) is 21.8. The Kier molecular flexibility index (Phi) is 5.53. The first kappa shape index (κ1) is 20.0. The lowest BCUT2D eigenvalue weighted by molar-refractivity contribution is -0.127. The van der Waals surface area contributed by atoms with Crippen molar-refractivity contribution in [1.82, 2.24) is 10.2 Å². The lowest BCUT2D eigenvalue weighted by atomic mass is 10.2. The lowest BCUT2D eigenvalue weighted by Gasteiger charge is -2.13. The van der Waals surface area contributed by atoms with Crippen molar-refractivity contribution in [2.24, 2.45) is 0 Å². The number of ether oxygens (including phenoxy) is 1. The Morgan fingerprint density at radius 3 is 2.58 bits per heavy atom. The summed E-state index contributed by atoms with van der Waals surface area (Å²) in [7, 11) is 1.48. The number of furan rings is 1. The average molecular weight is 417 g/mol. The number of urea groups is 1. The van der Waals surface area contributed by atoms with Crippen molar-refractivity contribution in [2.75, 3.05) is 19.0 Å². The van der Waals surface area contributed by atoms with Gasteiger partial charge in [0, 0.05) is 11.6 Å². The predicted molar refractivity (Wildman–Crippen MR) is 114 cm³/mol. The van der Waals surface area contributed by atoms with Crippen LogP contribution >= 0.6 is 0 Å². The summed E-state index contributed by atoms with van der Waals surface area (Å²) in [5, 5.41) is 5.12. The summed E-state index contributed by atoms with van der Waals surface area (Å²) in [4.78, 5) is 38.1. The van der Waals surface area contributed by atoms with Crippen LogP contribution in [-0.2, 0) is 9.59 Å². The molecule has 0 aliphatic carbocycles. The molecule has 4 amide bonds. The van der Waals surface area contributed by atoms with E-state index < -0.39 is 24.4 Å². The standard InChI is InChI=1S/C23H19N3O5/c1-30-20-10-6-5-9-17(20)24-21(27)14-26-22(28)18(25-23(26)29)13-16-11-12-19(31-16)15-7-3-2-4-8-15/h2-13H,14H2,1H3,(H,24,27)(H,25,29)/b18-13+. The number of methoxy groups -OCH3 is 1.